The number of hydrogen-bond acceptors (Lipinski definition) is 5. The lowest BCUT2D eigenvalue weighted by atomic mass is 10.1. The minimum atomic E-state index is -0.00327. The lowest BCUT2D eigenvalue weighted by molar-refractivity contribution is -0.116. The van der Waals surface area contributed by atoms with Crippen LogP contribution >= 0.6 is 0 Å². The van der Waals surface area contributed by atoms with Gasteiger partial charge in [-0.2, -0.15) is 0 Å². The van der Waals surface area contributed by atoms with Gasteiger partial charge in [-0.25, -0.2) is 0 Å². The summed E-state index contributed by atoms with van der Waals surface area (Å²) in [6, 6.07) is 21.3. The van der Waals surface area contributed by atoms with Gasteiger partial charge in [-0.15, -0.1) is 0 Å². The Kier molecular flexibility index (Phi) is 8.47. The van der Waals surface area contributed by atoms with Crippen molar-refractivity contribution < 1.29 is 9.53 Å². The number of aromatic nitrogens is 2. The molecule has 0 aliphatic carbocycles. The fourth-order valence-corrected chi connectivity index (χ4v) is 3.98. The summed E-state index contributed by atoms with van der Waals surface area (Å²) in [5.74, 6) is 0.788. The molecule has 0 aliphatic rings. The van der Waals surface area contributed by atoms with E-state index in [1.54, 1.807) is 23.4 Å². The van der Waals surface area contributed by atoms with Crippen LogP contribution in [0.2, 0.25) is 0 Å². The van der Waals surface area contributed by atoms with E-state index in [2.05, 4.69) is 16.4 Å². The van der Waals surface area contributed by atoms with Crippen molar-refractivity contribution in [3.63, 3.8) is 0 Å². The maximum Gasteiger partial charge on any atom is 0.258 e. The number of nitrogens with zero attached hydrogens (tertiary/aromatic N) is 3. The summed E-state index contributed by atoms with van der Waals surface area (Å²) in [4.78, 5) is 30.2. The predicted octanol–water partition coefficient (Wildman–Crippen LogP) is 4.18. The van der Waals surface area contributed by atoms with E-state index in [0.717, 1.165) is 53.0 Å². The molecule has 2 aromatic carbocycles. The Morgan fingerprint density at radius 2 is 1.89 bits per heavy atom. The van der Waals surface area contributed by atoms with Crippen LogP contribution in [0.5, 0.6) is 5.75 Å². The minimum Gasteiger partial charge on any atom is -0.494 e. The number of hydrogen-bond donors (Lipinski definition) is 1. The number of benzene rings is 2. The Bertz CT molecular complexity index is 1370. The van der Waals surface area contributed by atoms with Crippen LogP contribution in [0.15, 0.2) is 83.9 Å². The summed E-state index contributed by atoms with van der Waals surface area (Å²) in [6.07, 6.45) is 5.25. The molecule has 0 unspecified atom stereocenters. The molecule has 0 aliphatic heterocycles. The normalized spacial score (nSPS) is 10.9. The summed E-state index contributed by atoms with van der Waals surface area (Å²) in [7, 11) is 1.75. The molecule has 2 heterocycles. The van der Waals surface area contributed by atoms with Gasteiger partial charge >= 0.3 is 0 Å². The molecule has 7 heteroatoms. The molecule has 0 radical (unpaired) electrons. The van der Waals surface area contributed by atoms with Crippen LogP contribution in [0.4, 0.5) is 5.69 Å². The van der Waals surface area contributed by atoms with Crippen LogP contribution in [-0.2, 0) is 24.3 Å². The number of rotatable bonds is 11. The fourth-order valence-electron chi connectivity index (χ4n) is 3.98. The van der Waals surface area contributed by atoms with Gasteiger partial charge in [-0.1, -0.05) is 18.2 Å². The van der Waals surface area contributed by atoms with E-state index >= 15 is 0 Å². The molecule has 1 N–H and O–H groups in total. The number of nitrogens with one attached hydrogen (secondary N) is 1. The zero-order valence-corrected chi connectivity index (χ0v) is 20.8. The van der Waals surface area contributed by atoms with Crippen molar-refractivity contribution in [2.45, 2.75) is 32.9 Å². The van der Waals surface area contributed by atoms with Crippen molar-refractivity contribution in [2.75, 3.05) is 25.1 Å². The van der Waals surface area contributed by atoms with Gasteiger partial charge in [0.1, 0.15) is 5.75 Å². The molecule has 4 rings (SSSR count). The topological polar surface area (TPSA) is 76.5 Å². The second kappa shape index (κ2) is 12.1. The smallest absolute Gasteiger partial charge is 0.258 e. The molecule has 1 amide bonds. The number of carbonyl (C=O) groups is 1. The molecule has 0 saturated heterocycles. The first kappa shape index (κ1) is 25.1. The molecular weight excluding hydrogens is 452 g/mol. The number of carbonyl (C=O) groups excluding carboxylic acids is 1. The molecule has 4 aromatic rings. The van der Waals surface area contributed by atoms with Gasteiger partial charge in [-0.3, -0.25) is 14.6 Å². The van der Waals surface area contributed by atoms with E-state index < -0.39 is 0 Å². The zero-order chi connectivity index (χ0) is 25.3. The van der Waals surface area contributed by atoms with Gasteiger partial charge in [0, 0.05) is 62.6 Å². The largest absolute Gasteiger partial charge is 0.494 e. The number of aryl methyl sites for hydroxylation is 2. The second-order valence-electron chi connectivity index (χ2n) is 8.76. The number of ether oxygens (including phenoxy) is 1. The molecule has 7 nitrogen and oxygen atoms in total. The lowest BCUT2D eigenvalue weighted by Crippen LogP contribution is -2.22. The highest BCUT2D eigenvalue weighted by atomic mass is 16.5. The summed E-state index contributed by atoms with van der Waals surface area (Å²) in [5, 5.41) is 5.15. The Labute approximate surface area is 211 Å². The van der Waals surface area contributed by atoms with Crippen LogP contribution in [-0.4, -0.2) is 35.7 Å². The molecule has 0 bridgehead atoms. The molecular formula is C29H32N4O3. The summed E-state index contributed by atoms with van der Waals surface area (Å²) >= 11 is 0. The van der Waals surface area contributed by atoms with Crippen molar-refractivity contribution in [3.8, 4) is 5.75 Å². The summed E-state index contributed by atoms with van der Waals surface area (Å²) in [5.41, 5.74) is 3.01. The number of amides is 1. The van der Waals surface area contributed by atoms with E-state index in [9.17, 15) is 9.59 Å². The number of anilines is 1. The molecule has 0 atom stereocenters. The van der Waals surface area contributed by atoms with E-state index in [4.69, 9.17) is 4.74 Å². The van der Waals surface area contributed by atoms with E-state index in [-0.39, 0.29) is 11.5 Å². The Morgan fingerprint density at radius 3 is 2.69 bits per heavy atom. The number of fused-ring (bicyclic) bond motifs is 1. The molecule has 36 heavy (non-hydrogen) atoms. The number of pyridine rings is 2. The first-order valence-electron chi connectivity index (χ1n) is 12.2. The van der Waals surface area contributed by atoms with Crippen LogP contribution < -0.4 is 20.5 Å². The molecule has 0 saturated carbocycles. The average Bonchev–Trinajstić information content (AvgIpc) is 2.90. The SMILES string of the molecule is CC(=O)N(C)c1ccc(OCCCNCc2ccnc(CCn3ccc4ccccc4c3=O)c2)cc1. The minimum absolute atomic E-state index is 0.00327. The Balaban J connectivity index is 1.19. The second-order valence-corrected chi connectivity index (χ2v) is 8.76. The Hall–Kier alpha value is -3.97. The van der Waals surface area contributed by atoms with E-state index in [1.807, 2.05) is 73.1 Å². The third-order valence-electron chi connectivity index (χ3n) is 6.17. The maximum atomic E-state index is 12.7. The van der Waals surface area contributed by atoms with Crippen molar-refractivity contribution in [1.29, 1.82) is 0 Å². The van der Waals surface area contributed by atoms with E-state index in [1.165, 1.54) is 0 Å². The third-order valence-corrected chi connectivity index (χ3v) is 6.17. The van der Waals surface area contributed by atoms with Crippen molar-refractivity contribution >= 4 is 22.4 Å². The van der Waals surface area contributed by atoms with Gasteiger partial charge in [-0.05, 0) is 72.4 Å². The van der Waals surface area contributed by atoms with Crippen LogP contribution in [0, 0.1) is 0 Å². The monoisotopic (exact) mass is 484 g/mol. The molecule has 186 valence electrons. The first-order valence-corrected chi connectivity index (χ1v) is 12.2. The highest BCUT2D eigenvalue weighted by Gasteiger charge is 2.06. The Morgan fingerprint density at radius 1 is 1.08 bits per heavy atom. The zero-order valence-electron chi connectivity index (χ0n) is 20.8. The van der Waals surface area contributed by atoms with Crippen LogP contribution in [0.1, 0.15) is 24.6 Å². The van der Waals surface area contributed by atoms with Gasteiger partial charge in [0.2, 0.25) is 5.91 Å². The lowest BCUT2D eigenvalue weighted by Gasteiger charge is -2.15. The third kappa shape index (κ3) is 6.58. The van der Waals surface area contributed by atoms with E-state index in [0.29, 0.717) is 19.6 Å². The van der Waals surface area contributed by atoms with Crippen molar-refractivity contribution in [2.24, 2.45) is 0 Å². The standard InChI is InChI=1S/C29H32N4O3/c1-22(34)32(2)26-8-10-27(11-9-26)36-19-5-15-30-21-23-12-16-31-25(20-23)14-18-33-17-13-24-6-3-4-7-28(24)29(33)35/h3-4,6-13,16-17,20,30H,5,14-15,18-19,21H2,1-2H3. The van der Waals surface area contributed by atoms with Gasteiger partial charge < -0.3 is 19.5 Å². The first-order chi connectivity index (χ1) is 17.5. The fraction of sp³-hybridized carbons (Fsp3) is 0.276. The molecule has 2 aromatic heterocycles. The van der Waals surface area contributed by atoms with Crippen LogP contribution in [0.3, 0.4) is 0 Å². The van der Waals surface area contributed by atoms with Gasteiger partial charge in [0.25, 0.3) is 5.56 Å². The highest BCUT2D eigenvalue weighted by molar-refractivity contribution is 5.90. The predicted molar refractivity (Wildman–Crippen MR) is 143 cm³/mol. The van der Waals surface area contributed by atoms with Gasteiger partial charge in [0.15, 0.2) is 0 Å². The quantitative estimate of drug-likeness (QED) is 0.323. The molecule has 0 fully saturated rings. The van der Waals surface area contributed by atoms with Gasteiger partial charge in [0.05, 0.1) is 6.61 Å². The van der Waals surface area contributed by atoms with Crippen molar-refractivity contribution in [3.05, 3.63) is 101 Å². The molecule has 0 spiro atoms. The summed E-state index contributed by atoms with van der Waals surface area (Å²) < 4.78 is 7.56. The maximum absolute atomic E-state index is 12.7. The summed E-state index contributed by atoms with van der Waals surface area (Å²) in [6.45, 7) is 4.32. The average molecular weight is 485 g/mol. The van der Waals surface area contributed by atoms with Crippen LogP contribution in [0.25, 0.3) is 10.8 Å². The van der Waals surface area contributed by atoms with Crippen molar-refractivity contribution in [1.82, 2.24) is 14.9 Å². The highest BCUT2D eigenvalue weighted by Crippen LogP contribution is 2.18.